The van der Waals surface area contributed by atoms with Crippen molar-refractivity contribution in [1.29, 1.82) is 0 Å². The molecule has 1 aliphatic heterocycles. The van der Waals surface area contributed by atoms with E-state index in [1.165, 1.54) is 0 Å². The number of aryl methyl sites for hydroxylation is 1. The molecule has 1 heterocycles. The summed E-state index contributed by atoms with van der Waals surface area (Å²) in [6.45, 7) is 6.00. The summed E-state index contributed by atoms with van der Waals surface area (Å²) in [4.78, 5) is 26.2. The Morgan fingerprint density at radius 1 is 0.969 bits per heavy atom. The Hall–Kier alpha value is -3.54. The number of hydrogen-bond donors (Lipinski definition) is 0. The van der Waals surface area contributed by atoms with Crippen LogP contribution in [0.25, 0.3) is 21.9 Å². The molecule has 0 amide bonds. The van der Waals surface area contributed by atoms with Crippen LogP contribution in [0.15, 0.2) is 42.5 Å². The van der Waals surface area contributed by atoms with Crippen molar-refractivity contribution in [3.05, 3.63) is 59.2 Å². The third-order valence-corrected chi connectivity index (χ3v) is 6.25. The van der Waals surface area contributed by atoms with Gasteiger partial charge in [-0.25, -0.2) is 0 Å². The van der Waals surface area contributed by atoms with E-state index in [0.717, 1.165) is 38.6 Å². The lowest BCUT2D eigenvalue weighted by molar-refractivity contribution is -0.162. The Balaban J connectivity index is 1.80. The third-order valence-electron chi connectivity index (χ3n) is 6.25. The molecule has 6 heteroatoms. The average molecular weight is 432 g/mol. The predicted octanol–water partition coefficient (Wildman–Crippen LogP) is 4.73. The topological polar surface area (TPSA) is 71.1 Å². The first-order chi connectivity index (χ1) is 15.5. The molecule has 0 saturated heterocycles. The molecule has 6 nitrogen and oxygen atoms in total. The highest BCUT2D eigenvalue weighted by Crippen LogP contribution is 2.54. The fourth-order valence-corrected chi connectivity index (χ4v) is 4.95. The van der Waals surface area contributed by atoms with Crippen LogP contribution in [0.2, 0.25) is 0 Å². The molecule has 0 saturated carbocycles. The maximum absolute atomic E-state index is 13.1. The second-order valence-corrected chi connectivity index (χ2v) is 7.94. The lowest BCUT2D eigenvalue weighted by atomic mass is 9.81. The van der Waals surface area contributed by atoms with Crippen LogP contribution >= 0.6 is 0 Å². The van der Waals surface area contributed by atoms with E-state index in [-0.39, 0.29) is 20.0 Å². The Morgan fingerprint density at radius 2 is 1.62 bits per heavy atom. The lowest BCUT2D eigenvalue weighted by Crippen LogP contribution is -2.33. The Bertz CT molecular complexity index is 1230. The highest BCUT2D eigenvalue weighted by molar-refractivity contribution is 6.02. The lowest BCUT2D eigenvalue weighted by Gasteiger charge is -2.24. The maximum atomic E-state index is 13.1. The number of carbonyl (C=O) groups excluding carboxylic acids is 2. The van der Waals surface area contributed by atoms with Gasteiger partial charge in [0, 0.05) is 5.92 Å². The number of rotatable bonds is 5. The molecule has 0 N–H and O–H groups in total. The number of esters is 2. The van der Waals surface area contributed by atoms with Gasteiger partial charge >= 0.3 is 11.9 Å². The highest BCUT2D eigenvalue weighted by atomic mass is 16.7. The van der Waals surface area contributed by atoms with Gasteiger partial charge in [-0.1, -0.05) is 24.3 Å². The van der Waals surface area contributed by atoms with Crippen molar-refractivity contribution in [1.82, 2.24) is 0 Å². The molecule has 1 atom stereocenters. The molecule has 0 radical (unpaired) electrons. The van der Waals surface area contributed by atoms with Crippen LogP contribution in [0.1, 0.15) is 36.5 Å². The molecule has 3 aromatic rings. The van der Waals surface area contributed by atoms with Crippen molar-refractivity contribution in [3.63, 3.8) is 0 Å². The van der Waals surface area contributed by atoms with Gasteiger partial charge in [0.15, 0.2) is 17.4 Å². The zero-order valence-electron chi connectivity index (χ0n) is 18.3. The molecule has 1 aliphatic carbocycles. The Morgan fingerprint density at radius 3 is 2.31 bits per heavy atom. The van der Waals surface area contributed by atoms with Crippen molar-refractivity contribution < 1.29 is 28.5 Å². The van der Waals surface area contributed by atoms with Gasteiger partial charge in [-0.2, -0.15) is 0 Å². The van der Waals surface area contributed by atoms with E-state index in [0.29, 0.717) is 11.5 Å². The Kier molecular flexibility index (Phi) is 5.00. The fourth-order valence-electron chi connectivity index (χ4n) is 4.95. The molecule has 0 spiro atoms. The summed E-state index contributed by atoms with van der Waals surface area (Å²) >= 11 is 0. The van der Waals surface area contributed by atoms with Crippen LogP contribution in [0.3, 0.4) is 0 Å². The second-order valence-electron chi connectivity index (χ2n) is 7.94. The quantitative estimate of drug-likeness (QED) is 0.429. The zero-order valence-corrected chi connectivity index (χ0v) is 18.3. The van der Waals surface area contributed by atoms with Gasteiger partial charge in [-0.05, 0) is 77.6 Å². The predicted molar refractivity (Wildman–Crippen MR) is 119 cm³/mol. The molecule has 0 fully saturated rings. The molecular weight excluding hydrogens is 408 g/mol. The van der Waals surface area contributed by atoms with Crippen molar-refractivity contribution in [2.75, 3.05) is 20.0 Å². The molecule has 32 heavy (non-hydrogen) atoms. The number of carbonyl (C=O) groups is 2. The van der Waals surface area contributed by atoms with Gasteiger partial charge in [0.2, 0.25) is 6.79 Å². The van der Waals surface area contributed by atoms with E-state index in [1.807, 2.05) is 31.2 Å². The summed E-state index contributed by atoms with van der Waals surface area (Å²) in [6, 6.07) is 14.1. The van der Waals surface area contributed by atoms with E-state index < -0.39 is 23.8 Å². The molecule has 3 aromatic carbocycles. The molecule has 0 aromatic heterocycles. The molecule has 1 unspecified atom stereocenters. The normalized spacial score (nSPS) is 15.6. The summed E-state index contributed by atoms with van der Waals surface area (Å²) in [5.74, 6) is -1.56. The van der Waals surface area contributed by atoms with Crippen molar-refractivity contribution >= 4 is 22.7 Å². The van der Waals surface area contributed by atoms with Gasteiger partial charge < -0.3 is 18.9 Å². The highest BCUT2D eigenvalue weighted by Gasteiger charge is 2.46. The van der Waals surface area contributed by atoms with Crippen LogP contribution in [0.4, 0.5) is 0 Å². The fraction of sp³-hybridized carbons (Fsp3) is 0.308. The maximum Gasteiger partial charge on any atom is 0.321 e. The van der Waals surface area contributed by atoms with E-state index in [2.05, 4.69) is 18.2 Å². The Labute approximate surface area is 186 Å². The molecular formula is C26H24O6. The van der Waals surface area contributed by atoms with Crippen LogP contribution in [-0.2, 0) is 19.1 Å². The van der Waals surface area contributed by atoms with E-state index in [9.17, 15) is 9.59 Å². The molecule has 5 rings (SSSR count). The summed E-state index contributed by atoms with van der Waals surface area (Å²) < 4.78 is 21.9. The standard InChI is InChI=1S/C26H24O6/c1-4-29-25(27)24(26(28)30-5-2)23-19-12-21-20(31-13-32-21)11-17(19)18-10-15-8-6-7-9-16(15)14(3)22(18)23/h6-12,23-24H,4-5,13H2,1-3H3. The van der Waals surface area contributed by atoms with Crippen LogP contribution in [0.5, 0.6) is 11.5 Å². The first-order valence-corrected chi connectivity index (χ1v) is 10.8. The molecule has 2 aliphatic rings. The average Bonchev–Trinajstić information content (AvgIpc) is 3.36. The summed E-state index contributed by atoms with van der Waals surface area (Å²) in [6.07, 6.45) is 0. The minimum absolute atomic E-state index is 0.145. The van der Waals surface area contributed by atoms with Crippen LogP contribution < -0.4 is 9.47 Å². The van der Waals surface area contributed by atoms with Gasteiger partial charge in [0.05, 0.1) is 13.2 Å². The SMILES string of the molecule is CCOC(=O)C(C(=O)OCC)C1c2cc3c(cc2-c2cc4ccccc4c(C)c21)OCO3. The van der Waals surface area contributed by atoms with Gasteiger partial charge in [0.1, 0.15) is 0 Å². The zero-order chi connectivity index (χ0) is 22.4. The van der Waals surface area contributed by atoms with Crippen LogP contribution in [0, 0.1) is 12.8 Å². The third kappa shape index (κ3) is 3.01. The largest absolute Gasteiger partial charge is 0.465 e. The van der Waals surface area contributed by atoms with Crippen molar-refractivity contribution in [2.45, 2.75) is 26.7 Å². The van der Waals surface area contributed by atoms with E-state index >= 15 is 0 Å². The minimum atomic E-state index is -1.12. The number of benzene rings is 3. The monoisotopic (exact) mass is 432 g/mol. The molecule has 164 valence electrons. The molecule has 0 bridgehead atoms. The van der Waals surface area contributed by atoms with Gasteiger partial charge in [0.25, 0.3) is 0 Å². The minimum Gasteiger partial charge on any atom is -0.465 e. The van der Waals surface area contributed by atoms with Crippen molar-refractivity contribution in [2.24, 2.45) is 5.92 Å². The van der Waals surface area contributed by atoms with E-state index in [4.69, 9.17) is 18.9 Å². The summed E-state index contributed by atoms with van der Waals surface area (Å²) in [5, 5.41) is 2.17. The second kappa shape index (κ2) is 7.86. The number of fused-ring (bicyclic) bond motifs is 5. The van der Waals surface area contributed by atoms with Gasteiger partial charge in [-0.15, -0.1) is 0 Å². The smallest absolute Gasteiger partial charge is 0.321 e. The first kappa shape index (κ1) is 20.4. The summed E-state index contributed by atoms with van der Waals surface area (Å²) in [5.41, 5.74) is 4.72. The van der Waals surface area contributed by atoms with E-state index in [1.54, 1.807) is 13.8 Å². The summed E-state index contributed by atoms with van der Waals surface area (Å²) in [7, 11) is 0. The number of hydrogen-bond acceptors (Lipinski definition) is 6. The number of ether oxygens (including phenoxy) is 4. The van der Waals surface area contributed by atoms with Crippen LogP contribution in [-0.4, -0.2) is 31.9 Å². The van der Waals surface area contributed by atoms with Crippen molar-refractivity contribution in [3.8, 4) is 22.6 Å². The van der Waals surface area contributed by atoms with Gasteiger partial charge in [-0.3, -0.25) is 9.59 Å². The first-order valence-electron chi connectivity index (χ1n) is 10.8.